The first kappa shape index (κ1) is 11.2. The van der Waals surface area contributed by atoms with Gasteiger partial charge in [-0.3, -0.25) is 4.98 Å². The zero-order valence-electron chi connectivity index (χ0n) is 9.36. The quantitative estimate of drug-likeness (QED) is 0.800. The van der Waals surface area contributed by atoms with E-state index in [9.17, 15) is 5.11 Å². The van der Waals surface area contributed by atoms with Gasteiger partial charge in [0.05, 0.1) is 6.10 Å². The summed E-state index contributed by atoms with van der Waals surface area (Å²) < 4.78 is 0. The summed E-state index contributed by atoms with van der Waals surface area (Å²) >= 11 is 0. The number of aliphatic hydroxyl groups excluding tert-OH is 1. The van der Waals surface area contributed by atoms with Crippen LogP contribution in [0.3, 0.4) is 0 Å². The van der Waals surface area contributed by atoms with Gasteiger partial charge >= 0.3 is 0 Å². The molecule has 1 aromatic heterocycles. The summed E-state index contributed by atoms with van der Waals surface area (Å²) in [5.41, 5.74) is 1.90. The van der Waals surface area contributed by atoms with E-state index in [0.29, 0.717) is 5.92 Å². The number of aromatic nitrogens is 1. The molecule has 0 amide bonds. The molecule has 78 valence electrons. The van der Waals surface area contributed by atoms with Crippen molar-refractivity contribution in [3.8, 4) is 0 Å². The van der Waals surface area contributed by atoms with E-state index in [1.807, 2.05) is 19.1 Å². The minimum absolute atomic E-state index is 0.263. The van der Waals surface area contributed by atoms with Gasteiger partial charge in [0.15, 0.2) is 0 Å². The van der Waals surface area contributed by atoms with E-state index in [2.05, 4.69) is 25.8 Å². The molecule has 1 heterocycles. The van der Waals surface area contributed by atoms with Crippen molar-refractivity contribution >= 4 is 0 Å². The molecular formula is C12H19NO. The minimum Gasteiger partial charge on any atom is -0.388 e. The molecule has 1 N–H and O–H groups in total. The van der Waals surface area contributed by atoms with Gasteiger partial charge in [-0.05, 0) is 30.4 Å². The summed E-state index contributed by atoms with van der Waals surface area (Å²) in [4.78, 5) is 4.18. The van der Waals surface area contributed by atoms with Crippen LogP contribution < -0.4 is 0 Å². The highest BCUT2D eigenvalue weighted by molar-refractivity contribution is 5.16. The Morgan fingerprint density at radius 1 is 1.21 bits per heavy atom. The normalized spacial score (nSPS) is 15.6. The molecule has 0 aromatic carbocycles. The topological polar surface area (TPSA) is 33.1 Å². The number of pyridine rings is 1. The number of rotatable bonds is 3. The van der Waals surface area contributed by atoms with Gasteiger partial charge in [-0.2, -0.15) is 0 Å². The highest BCUT2D eigenvalue weighted by Gasteiger charge is 2.19. The maximum atomic E-state index is 10.0. The van der Waals surface area contributed by atoms with Crippen molar-refractivity contribution in [1.82, 2.24) is 4.98 Å². The Kier molecular flexibility index (Phi) is 3.64. The number of aliphatic hydroxyl groups is 1. The van der Waals surface area contributed by atoms with Crippen molar-refractivity contribution < 1.29 is 5.11 Å². The molecule has 0 saturated carbocycles. The molecule has 2 nitrogen and oxygen atoms in total. The van der Waals surface area contributed by atoms with Crippen LogP contribution in [0.2, 0.25) is 0 Å². The summed E-state index contributed by atoms with van der Waals surface area (Å²) in [6.07, 6.45) is 1.36. The highest BCUT2D eigenvalue weighted by atomic mass is 16.3. The molecule has 1 aromatic rings. The maximum Gasteiger partial charge on any atom is 0.0832 e. The van der Waals surface area contributed by atoms with Gasteiger partial charge in [0.2, 0.25) is 0 Å². The van der Waals surface area contributed by atoms with E-state index < -0.39 is 6.10 Å². The molecule has 0 radical (unpaired) electrons. The van der Waals surface area contributed by atoms with Crippen LogP contribution in [-0.2, 0) is 0 Å². The molecule has 0 aliphatic rings. The fourth-order valence-electron chi connectivity index (χ4n) is 1.32. The Labute approximate surface area is 86.0 Å². The summed E-state index contributed by atoms with van der Waals surface area (Å²) in [6.45, 7) is 8.25. The fraction of sp³-hybridized carbons (Fsp3) is 0.583. The Balaban J connectivity index is 2.78. The summed E-state index contributed by atoms with van der Waals surface area (Å²) in [6, 6.07) is 3.89. The molecule has 1 rings (SSSR count). The molecule has 2 unspecified atom stereocenters. The number of nitrogens with zero attached hydrogens (tertiary/aromatic N) is 1. The zero-order valence-corrected chi connectivity index (χ0v) is 9.36. The van der Waals surface area contributed by atoms with Gasteiger partial charge in [0.1, 0.15) is 0 Å². The van der Waals surface area contributed by atoms with Crippen molar-refractivity contribution in [2.45, 2.75) is 33.8 Å². The Bertz CT molecular complexity index is 279. The summed E-state index contributed by atoms with van der Waals surface area (Å²) in [5.74, 6) is 0.741. The first-order chi connectivity index (χ1) is 6.52. The van der Waals surface area contributed by atoms with Crippen LogP contribution in [0.4, 0.5) is 0 Å². The third kappa shape index (κ3) is 2.55. The Morgan fingerprint density at radius 3 is 2.29 bits per heavy atom. The number of hydrogen-bond donors (Lipinski definition) is 1. The van der Waals surface area contributed by atoms with Crippen molar-refractivity contribution in [2.75, 3.05) is 0 Å². The van der Waals surface area contributed by atoms with Gasteiger partial charge in [-0.15, -0.1) is 0 Å². The molecule has 14 heavy (non-hydrogen) atoms. The highest BCUT2D eigenvalue weighted by Crippen LogP contribution is 2.26. The van der Waals surface area contributed by atoms with E-state index >= 15 is 0 Å². The maximum absolute atomic E-state index is 10.0. The van der Waals surface area contributed by atoms with E-state index in [0.717, 1.165) is 11.3 Å². The Morgan fingerprint density at radius 2 is 1.86 bits per heavy atom. The Hall–Kier alpha value is -0.890. The average Bonchev–Trinajstić information content (AvgIpc) is 2.16. The van der Waals surface area contributed by atoms with Gasteiger partial charge < -0.3 is 5.11 Å². The molecule has 0 aliphatic heterocycles. The lowest BCUT2D eigenvalue weighted by atomic mass is 9.89. The number of aryl methyl sites for hydroxylation is 1. The fourth-order valence-corrected chi connectivity index (χ4v) is 1.32. The second kappa shape index (κ2) is 4.56. The van der Waals surface area contributed by atoms with Crippen molar-refractivity contribution in [3.63, 3.8) is 0 Å². The average molecular weight is 193 g/mol. The molecule has 0 aliphatic carbocycles. The molecule has 0 fully saturated rings. The largest absolute Gasteiger partial charge is 0.388 e. The molecule has 0 saturated heterocycles. The molecule has 0 spiro atoms. The van der Waals surface area contributed by atoms with E-state index in [1.54, 1.807) is 6.20 Å². The van der Waals surface area contributed by atoms with E-state index in [4.69, 9.17) is 0 Å². The summed E-state index contributed by atoms with van der Waals surface area (Å²) in [5, 5.41) is 10.0. The predicted molar refractivity (Wildman–Crippen MR) is 57.9 cm³/mol. The van der Waals surface area contributed by atoms with Crippen molar-refractivity contribution in [1.29, 1.82) is 0 Å². The van der Waals surface area contributed by atoms with Gasteiger partial charge in [-0.25, -0.2) is 0 Å². The lowest BCUT2D eigenvalue weighted by Gasteiger charge is -2.22. The smallest absolute Gasteiger partial charge is 0.0832 e. The van der Waals surface area contributed by atoms with Gasteiger partial charge in [0.25, 0.3) is 0 Å². The summed E-state index contributed by atoms with van der Waals surface area (Å²) in [7, 11) is 0. The zero-order chi connectivity index (χ0) is 10.7. The first-order valence-corrected chi connectivity index (χ1v) is 5.13. The number of hydrogen-bond acceptors (Lipinski definition) is 2. The first-order valence-electron chi connectivity index (χ1n) is 5.13. The second-order valence-corrected chi connectivity index (χ2v) is 4.28. The van der Waals surface area contributed by atoms with E-state index in [1.165, 1.54) is 0 Å². The minimum atomic E-state index is -0.400. The van der Waals surface area contributed by atoms with Crippen LogP contribution in [-0.4, -0.2) is 10.1 Å². The molecule has 0 bridgehead atoms. The monoisotopic (exact) mass is 193 g/mol. The van der Waals surface area contributed by atoms with Crippen molar-refractivity contribution in [2.24, 2.45) is 11.8 Å². The third-order valence-corrected chi connectivity index (χ3v) is 2.83. The third-order valence-electron chi connectivity index (χ3n) is 2.83. The molecule has 2 atom stereocenters. The molecular weight excluding hydrogens is 174 g/mol. The van der Waals surface area contributed by atoms with Crippen LogP contribution in [0.5, 0.6) is 0 Å². The lowest BCUT2D eigenvalue weighted by Crippen LogP contribution is -2.15. The lowest BCUT2D eigenvalue weighted by molar-refractivity contribution is 0.0918. The van der Waals surface area contributed by atoms with Crippen LogP contribution >= 0.6 is 0 Å². The van der Waals surface area contributed by atoms with Crippen LogP contribution in [0.1, 0.15) is 38.1 Å². The van der Waals surface area contributed by atoms with Gasteiger partial charge in [-0.1, -0.05) is 26.8 Å². The second-order valence-electron chi connectivity index (χ2n) is 4.28. The standard InChI is InChI=1S/C12H19NO/c1-8(2)10(4)12(14)11-6-5-9(3)13-7-11/h5-8,10,12,14H,1-4H3. The van der Waals surface area contributed by atoms with Gasteiger partial charge in [0, 0.05) is 11.9 Å². The predicted octanol–water partition coefficient (Wildman–Crippen LogP) is 2.72. The SMILES string of the molecule is Cc1ccc(C(O)C(C)C(C)C)cn1. The van der Waals surface area contributed by atoms with E-state index in [-0.39, 0.29) is 5.92 Å². The van der Waals surface area contributed by atoms with Crippen LogP contribution in [0.25, 0.3) is 0 Å². The van der Waals surface area contributed by atoms with Crippen LogP contribution in [0.15, 0.2) is 18.3 Å². The molecule has 2 heteroatoms. The van der Waals surface area contributed by atoms with Crippen molar-refractivity contribution in [3.05, 3.63) is 29.6 Å². The van der Waals surface area contributed by atoms with Crippen LogP contribution in [0, 0.1) is 18.8 Å².